The first kappa shape index (κ1) is 14.5. The maximum Gasteiger partial charge on any atom is 0.0841 e. The summed E-state index contributed by atoms with van der Waals surface area (Å²) in [5.41, 5.74) is 1.22. The van der Waals surface area contributed by atoms with Crippen molar-refractivity contribution in [1.82, 2.24) is 0 Å². The molecule has 0 aromatic heterocycles. The molecular formula is C17H26O2. The third kappa shape index (κ3) is 4.63. The van der Waals surface area contributed by atoms with Gasteiger partial charge in [0.05, 0.1) is 24.9 Å². The van der Waals surface area contributed by atoms with Gasteiger partial charge in [-0.25, -0.2) is 0 Å². The predicted molar refractivity (Wildman–Crippen MR) is 78.1 cm³/mol. The molecule has 0 bridgehead atoms. The van der Waals surface area contributed by atoms with Crippen molar-refractivity contribution in [2.75, 3.05) is 6.61 Å². The molecule has 1 aliphatic rings. The van der Waals surface area contributed by atoms with Gasteiger partial charge in [-0.2, -0.15) is 0 Å². The first-order valence-electron chi connectivity index (χ1n) is 7.36. The quantitative estimate of drug-likeness (QED) is 0.810. The molecule has 0 amide bonds. The summed E-state index contributed by atoms with van der Waals surface area (Å²) >= 11 is 0. The molecule has 1 aromatic carbocycles. The van der Waals surface area contributed by atoms with Crippen molar-refractivity contribution in [2.24, 2.45) is 5.92 Å². The molecule has 1 heterocycles. The molecule has 0 saturated carbocycles. The van der Waals surface area contributed by atoms with Crippen LogP contribution < -0.4 is 0 Å². The van der Waals surface area contributed by atoms with E-state index in [9.17, 15) is 0 Å². The Morgan fingerprint density at radius 1 is 1.26 bits per heavy atom. The maximum absolute atomic E-state index is 6.22. The average Bonchev–Trinajstić information content (AvgIpc) is 2.50. The molecule has 1 saturated heterocycles. The van der Waals surface area contributed by atoms with E-state index >= 15 is 0 Å². The van der Waals surface area contributed by atoms with Crippen LogP contribution in [0.4, 0.5) is 0 Å². The Balaban J connectivity index is 1.83. The Bertz CT molecular complexity index is 372. The van der Waals surface area contributed by atoms with Gasteiger partial charge in [0.15, 0.2) is 0 Å². The van der Waals surface area contributed by atoms with E-state index in [2.05, 4.69) is 32.9 Å². The lowest BCUT2D eigenvalue weighted by molar-refractivity contribution is -0.115. The van der Waals surface area contributed by atoms with Crippen molar-refractivity contribution in [1.29, 1.82) is 0 Å². The lowest BCUT2D eigenvalue weighted by Crippen LogP contribution is -2.34. The highest BCUT2D eigenvalue weighted by molar-refractivity contribution is 5.13. The van der Waals surface area contributed by atoms with E-state index in [1.54, 1.807) is 0 Å². The van der Waals surface area contributed by atoms with Gasteiger partial charge in [-0.05, 0) is 38.2 Å². The summed E-state index contributed by atoms with van der Waals surface area (Å²) < 4.78 is 12.1. The van der Waals surface area contributed by atoms with Crippen molar-refractivity contribution in [3.63, 3.8) is 0 Å². The fourth-order valence-electron chi connectivity index (χ4n) is 2.69. The van der Waals surface area contributed by atoms with E-state index in [1.807, 2.05) is 18.2 Å². The summed E-state index contributed by atoms with van der Waals surface area (Å²) in [6.07, 6.45) is 3.86. The third-order valence-electron chi connectivity index (χ3n) is 3.94. The molecule has 1 fully saturated rings. The Morgan fingerprint density at radius 3 is 2.74 bits per heavy atom. The minimum Gasteiger partial charge on any atom is -0.374 e. The molecule has 0 aliphatic carbocycles. The monoisotopic (exact) mass is 262 g/mol. The number of hydrogen-bond donors (Lipinski definition) is 0. The van der Waals surface area contributed by atoms with E-state index < -0.39 is 0 Å². The number of ether oxygens (including phenoxy) is 2. The van der Waals surface area contributed by atoms with Crippen molar-refractivity contribution in [2.45, 2.75) is 58.3 Å². The Kier molecular flexibility index (Phi) is 5.00. The topological polar surface area (TPSA) is 18.5 Å². The number of hydrogen-bond acceptors (Lipinski definition) is 2. The van der Waals surface area contributed by atoms with Crippen molar-refractivity contribution in [3.8, 4) is 0 Å². The second-order valence-corrected chi connectivity index (χ2v) is 6.29. The first-order valence-corrected chi connectivity index (χ1v) is 7.36. The molecule has 2 atom stereocenters. The SMILES string of the molecule is CC1CCCC(C)(C)OC1COCc1ccccc1. The zero-order valence-corrected chi connectivity index (χ0v) is 12.4. The van der Waals surface area contributed by atoms with E-state index in [0.29, 0.717) is 19.1 Å². The molecule has 106 valence electrons. The summed E-state index contributed by atoms with van der Waals surface area (Å²) in [4.78, 5) is 0. The van der Waals surface area contributed by atoms with Crippen LogP contribution in [0.15, 0.2) is 30.3 Å². The highest BCUT2D eigenvalue weighted by Gasteiger charge is 2.30. The maximum atomic E-state index is 6.22. The van der Waals surface area contributed by atoms with Crippen LogP contribution in [-0.4, -0.2) is 18.3 Å². The summed E-state index contributed by atoms with van der Waals surface area (Å²) in [5.74, 6) is 0.581. The molecule has 2 nitrogen and oxygen atoms in total. The fourth-order valence-corrected chi connectivity index (χ4v) is 2.69. The van der Waals surface area contributed by atoms with Crippen LogP contribution in [0, 0.1) is 5.92 Å². The van der Waals surface area contributed by atoms with Gasteiger partial charge in [0, 0.05) is 0 Å². The predicted octanol–water partition coefficient (Wildman–Crippen LogP) is 4.19. The van der Waals surface area contributed by atoms with Gasteiger partial charge in [0.2, 0.25) is 0 Å². The molecule has 2 rings (SSSR count). The largest absolute Gasteiger partial charge is 0.374 e. The van der Waals surface area contributed by atoms with Crippen LogP contribution in [0.3, 0.4) is 0 Å². The molecule has 0 spiro atoms. The third-order valence-corrected chi connectivity index (χ3v) is 3.94. The molecular weight excluding hydrogens is 236 g/mol. The van der Waals surface area contributed by atoms with Gasteiger partial charge in [-0.1, -0.05) is 43.7 Å². The van der Waals surface area contributed by atoms with Gasteiger partial charge in [0.1, 0.15) is 0 Å². The Hall–Kier alpha value is -0.860. The summed E-state index contributed by atoms with van der Waals surface area (Å²) in [6.45, 7) is 8.02. The molecule has 0 N–H and O–H groups in total. The second kappa shape index (κ2) is 6.53. The average molecular weight is 262 g/mol. The minimum atomic E-state index is -0.00840. The van der Waals surface area contributed by atoms with E-state index in [-0.39, 0.29) is 11.7 Å². The molecule has 19 heavy (non-hydrogen) atoms. The van der Waals surface area contributed by atoms with Gasteiger partial charge in [-0.15, -0.1) is 0 Å². The van der Waals surface area contributed by atoms with E-state index in [1.165, 1.54) is 18.4 Å². The van der Waals surface area contributed by atoms with Crippen LogP contribution in [-0.2, 0) is 16.1 Å². The minimum absolute atomic E-state index is 0.00840. The second-order valence-electron chi connectivity index (χ2n) is 6.29. The number of rotatable bonds is 4. The highest BCUT2D eigenvalue weighted by Crippen LogP contribution is 2.30. The van der Waals surface area contributed by atoms with Crippen LogP contribution in [0.2, 0.25) is 0 Å². The summed E-state index contributed by atoms with van der Waals surface area (Å²) in [7, 11) is 0. The van der Waals surface area contributed by atoms with E-state index in [4.69, 9.17) is 9.47 Å². The lowest BCUT2D eigenvalue weighted by atomic mass is 9.98. The zero-order chi connectivity index (χ0) is 13.7. The van der Waals surface area contributed by atoms with Crippen molar-refractivity contribution < 1.29 is 9.47 Å². The first-order chi connectivity index (χ1) is 9.07. The van der Waals surface area contributed by atoms with Crippen molar-refractivity contribution in [3.05, 3.63) is 35.9 Å². The molecule has 2 heteroatoms. The van der Waals surface area contributed by atoms with Crippen LogP contribution in [0.5, 0.6) is 0 Å². The Morgan fingerprint density at radius 2 is 2.00 bits per heavy atom. The van der Waals surface area contributed by atoms with Crippen LogP contribution in [0.25, 0.3) is 0 Å². The van der Waals surface area contributed by atoms with Gasteiger partial charge < -0.3 is 9.47 Å². The molecule has 1 aromatic rings. The number of benzene rings is 1. The highest BCUT2D eigenvalue weighted by atomic mass is 16.5. The molecule has 1 aliphatic heterocycles. The Labute approximate surface area is 117 Å². The van der Waals surface area contributed by atoms with Crippen LogP contribution >= 0.6 is 0 Å². The van der Waals surface area contributed by atoms with Gasteiger partial charge in [0.25, 0.3) is 0 Å². The van der Waals surface area contributed by atoms with Crippen molar-refractivity contribution >= 4 is 0 Å². The van der Waals surface area contributed by atoms with Gasteiger partial charge >= 0.3 is 0 Å². The zero-order valence-electron chi connectivity index (χ0n) is 12.4. The van der Waals surface area contributed by atoms with Crippen LogP contribution in [0.1, 0.15) is 45.6 Å². The normalized spacial score (nSPS) is 26.9. The lowest BCUT2D eigenvalue weighted by Gasteiger charge is -2.30. The standard InChI is InChI=1S/C17H26O2/c1-14-8-7-11-17(2,3)19-16(14)13-18-12-15-9-5-4-6-10-15/h4-6,9-10,14,16H,7-8,11-13H2,1-3H3. The van der Waals surface area contributed by atoms with Gasteiger partial charge in [-0.3, -0.25) is 0 Å². The van der Waals surface area contributed by atoms with E-state index in [0.717, 1.165) is 6.42 Å². The molecule has 0 radical (unpaired) electrons. The fraction of sp³-hybridized carbons (Fsp3) is 0.647. The molecule has 2 unspecified atom stereocenters. The summed E-state index contributed by atoms with van der Waals surface area (Å²) in [5, 5.41) is 0. The summed E-state index contributed by atoms with van der Waals surface area (Å²) in [6, 6.07) is 10.3. The smallest absolute Gasteiger partial charge is 0.0841 e.